The third-order valence-electron chi connectivity index (χ3n) is 6.70. The van der Waals surface area contributed by atoms with Crippen molar-refractivity contribution in [3.05, 3.63) is 71.1 Å². The Bertz CT molecular complexity index is 1140. The molecule has 4 aliphatic rings. The number of allylic oxidation sites excluding steroid dienone is 2. The van der Waals surface area contributed by atoms with E-state index in [4.69, 9.17) is 0 Å². The summed E-state index contributed by atoms with van der Waals surface area (Å²) in [5.41, 5.74) is 1.78. The Morgan fingerprint density at radius 1 is 0.656 bits per heavy atom. The van der Waals surface area contributed by atoms with Crippen LogP contribution in [-0.2, 0) is 9.59 Å². The minimum absolute atomic E-state index is 0.0159. The predicted molar refractivity (Wildman–Crippen MR) is 118 cm³/mol. The summed E-state index contributed by atoms with van der Waals surface area (Å²) in [5, 5.41) is 0. The van der Waals surface area contributed by atoms with Gasteiger partial charge in [0.05, 0.1) is 11.4 Å². The second kappa shape index (κ2) is 6.99. The summed E-state index contributed by atoms with van der Waals surface area (Å²) in [5.74, 6) is -0.532. The first-order valence-electron chi connectivity index (χ1n) is 11.2. The van der Waals surface area contributed by atoms with Crippen molar-refractivity contribution in [3.8, 4) is 0 Å². The highest BCUT2D eigenvalue weighted by Gasteiger charge is 2.47. The molecule has 2 aliphatic heterocycles. The van der Waals surface area contributed by atoms with Crippen LogP contribution in [0.1, 0.15) is 59.2 Å². The van der Waals surface area contributed by atoms with Gasteiger partial charge in [0.2, 0.25) is 23.4 Å². The fourth-order valence-corrected chi connectivity index (χ4v) is 4.69. The Hall–Kier alpha value is -3.54. The molecule has 6 heteroatoms. The largest absolute Gasteiger partial charge is 0.287 e. The Morgan fingerprint density at radius 2 is 1.03 bits per heavy atom. The Labute approximate surface area is 185 Å². The average Bonchev–Trinajstić information content (AvgIpc) is 3.72. The van der Waals surface area contributed by atoms with Crippen LogP contribution >= 0.6 is 0 Å². The van der Waals surface area contributed by atoms with Crippen molar-refractivity contribution >= 4 is 34.8 Å². The van der Waals surface area contributed by atoms with Gasteiger partial charge >= 0.3 is 0 Å². The highest BCUT2D eigenvalue weighted by Crippen LogP contribution is 2.45. The van der Waals surface area contributed by atoms with Gasteiger partial charge in [-0.25, -0.2) is 0 Å². The minimum Gasteiger partial charge on any atom is -0.287 e. The van der Waals surface area contributed by atoms with Crippen molar-refractivity contribution in [1.82, 2.24) is 0 Å². The molecule has 160 valence electrons. The topological polar surface area (TPSA) is 74.8 Å². The number of rotatable bonds is 4. The summed E-state index contributed by atoms with van der Waals surface area (Å²) in [6.45, 7) is 0. The SMILES string of the molecule is O=C1/C(=C2/C(=O)c3ccccc3N2C(=O)CC2CC2)N(C(=O)CC2CC2)c2ccccc21. The van der Waals surface area contributed by atoms with Gasteiger partial charge in [0.25, 0.3) is 0 Å². The summed E-state index contributed by atoms with van der Waals surface area (Å²) in [7, 11) is 0. The Balaban J connectivity index is 1.54. The number of amides is 2. The molecule has 0 saturated heterocycles. The zero-order chi connectivity index (χ0) is 22.0. The molecule has 2 aromatic carbocycles. The fraction of sp³-hybridized carbons (Fsp3) is 0.308. The molecular formula is C26H22N2O4. The average molecular weight is 426 g/mol. The monoisotopic (exact) mass is 426 g/mol. The predicted octanol–water partition coefficient (Wildman–Crippen LogP) is 4.26. The standard InChI is InChI=1S/C26H22N2O4/c29-21(13-15-9-10-15)27-19-7-3-1-5-17(19)25(31)23(27)24-26(32)18-6-2-4-8-20(18)28(24)22(30)14-16-11-12-16/h1-8,15-16H,9-14H2/b24-23+. The van der Waals surface area contributed by atoms with Crippen LogP contribution in [0.15, 0.2) is 59.9 Å². The van der Waals surface area contributed by atoms with Gasteiger partial charge in [-0.2, -0.15) is 0 Å². The van der Waals surface area contributed by atoms with Crippen molar-refractivity contribution in [2.45, 2.75) is 38.5 Å². The second-order valence-electron chi connectivity index (χ2n) is 9.14. The minimum atomic E-state index is -0.384. The summed E-state index contributed by atoms with van der Waals surface area (Å²) >= 11 is 0. The van der Waals surface area contributed by atoms with E-state index in [2.05, 4.69) is 0 Å². The van der Waals surface area contributed by atoms with E-state index in [9.17, 15) is 19.2 Å². The molecule has 2 heterocycles. The summed E-state index contributed by atoms with van der Waals surface area (Å²) in [6.07, 6.45) is 4.65. The van der Waals surface area contributed by atoms with E-state index in [1.807, 2.05) is 0 Å². The molecule has 6 rings (SSSR count). The van der Waals surface area contributed by atoms with E-state index in [0.717, 1.165) is 25.7 Å². The second-order valence-corrected chi connectivity index (χ2v) is 9.14. The van der Waals surface area contributed by atoms with E-state index >= 15 is 0 Å². The third-order valence-corrected chi connectivity index (χ3v) is 6.70. The van der Waals surface area contributed by atoms with Crippen LogP contribution in [0.4, 0.5) is 11.4 Å². The van der Waals surface area contributed by atoms with Crippen LogP contribution in [0, 0.1) is 11.8 Å². The van der Waals surface area contributed by atoms with Crippen molar-refractivity contribution in [2.75, 3.05) is 9.80 Å². The number of carbonyl (C=O) groups is 4. The lowest BCUT2D eigenvalue weighted by Gasteiger charge is -2.24. The fourth-order valence-electron chi connectivity index (χ4n) is 4.69. The van der Waals surface area contributed by atoms with Crippen LogP contribution in [0.5, 0.6) is 0 Å². The smallest absolute Gasteiger partial charge is 0.232 e. The molecule has 2 aromatic rings. The van der Waals surface area contributed by atoms with Crippen LogP contribution in [0.3, 0.4) is 0 Å². The molecule has 0 atom stereocenters. The molecule has 2 amide bonds. The molecule has 0 unspecified atom stereocenters. The van der Waals surface area contributed by atoms with Gasteiger partial charge < -0.3 is 0 Å². The van der Waals surface area contributed by atoms with E-state index in [-0.39, 0.29) is 34.8 Å². The number of Topliss-reactive ketones (excluding diaryl/α,β-unsaturated/α-hetero) is 2. The highest BCUT2D eigenvalue weighted by atomic mass is 16.2. The number of fused-ring (bicyclic) bond motifs is 2. The Kier molecular flexibility index (Phi) is 4.18. The van der Waals surface area contributed by atoms with Gasteiger partial charge in [0.15, 0.2) is 0 Å². The van der Waals surface area contributed by atoms with Gasteiger partial charge in [-0.1, -0.05) is 24.3 Å². The van der Waals surface area contributed by atoms with Gasteiger partial charge in [0.1, 0.15) is 11.4 Å². The lowest BCUT2D eigenvalue weighted by molar-refractivity contribution is -0.119. The maximum Gasteiger partial charge on any atom is 0.232 e. The number of anilines is 2. The van der Waals surface area contributed by atoms with Crippen molar-refractivity contribution in [3.63, 3.8) is 0 Å². The number of carbonyl (C=O) groups excluding carboxylic acids is 4. The maximum absolute atomic E-state index is 13.6. The highest BCUT2D eigenvalue weighted by molar-refractivity contribution is 6.33. The summed E-state index contributed by atoms with van der Waals surface area (Å²) < 4.78 is 0. The van der Waals surface area contributed by atoms with Crippen LogP contribution < -0.4 is 9.80 Å². The first-order valence-corrected chi connectivity index (χ1v) is 11.2. The molecule has 2 fully saturated rings. The van der Waals surface area contributed by atoms with Crippen LogP contribution in [0.2, 0.25) is 0 Å². The van der Waals surface area contributed by atoms with E-state index in [1.54, 1.807) is 48.5 Å². The van der Waals surface area contributed by atoms with Gasteiger partial charge in [-0.3, -0.25) is 29.0 Å². The van der Waals surface area contributed by atoms with Crippen molar-refractivity contribution in [1.29, 1.82) is 0 Å². The first kappa shape index (κ1) is 19.2. The lowest BCUT2D eigenvalue weighted by Crippen LogP contribution is -2.37. The summed E-state index contributed by atoms with van der Waals surface area (Å²) in [4.78, 5) is 56.6. The van der Waals surface area contributed by atoms with Crippen LogP contribution in [0.25, 0.3) is 0 Å². The lowest BCUT2D eigenvalue weighted by atomic mass is 10.1. The number of nitrogens with zero attached hydrogens (tertiary/aromatic N) is 2. The molecule has 0 radical (unpaired) electrons. The molecule has 0 spiro atoms. The van der Waals surface area contributed by atoms with Gasteiger partial charge in [-0.05, 0) is 61.8 Å². The Morgan fingerprint density at radius 3 is 1.41 bits per heavy atom. The zero-order valence-corrected chi connectivity index (χ0v) is 17.5. The van der Waals surface area contributed by atoms with Crippen LogP contribution in [-0.4, -0.2) is 23.4 Å². The zero-order valence-electron chi connectivity index (χ0n) is 17.5. The molecular weight excluding hydrogens is 404 g/mol. The first-order chi connectivity index (χ1) is 15.5. The normalized spacial score (nSPS) is 21.8. The van der Waals surface area contributed by atoms with E-state index in [1.165, 1.54) is 9.80 Å². The molecule has 0 N–H and O–H groups in total. The molecule has 0 aromatic heterocycles. The number of hydrogen-bond donors (Lipinski definition) is 0. The summed E-state index contributed by atoms with van der Waals surface area (Å²) in [6, 6.07) is 13.8. The van der Waals surface area contributed by atoms with E-state index in [0.29, 0.717) is 47.2 Å². The molecule has 0 bridgehead atoms. The van der Waals surface area contributed by atoms with E-state index < -0.39 is 0 Å². The molecule has 2 saturated carbocycles. The van der Waals surface area contributed by atoms with Crippen molar-refractivity contribution < 1.29 is 19.2 Å². The van der Waals surface area contributed by atoms with Crippen molar-refractivity contribution in [2.24, 2.45) is 11.8 Å². The number of benzene rings is 2. The molecule has 6 nitrogen and oxygen atoms in total. The number of ketones is 2. The number of para-hydroxylation sites is 2. The quantitative estimate of drug-likeness (QED) is 0.685. The number of hydrogen-bond acceptors (Lipinski definition) is 4. The maximum atomic E-state index is 13.6. The molecule has 2 aliphatic carbocycles. The molecule has 32 heavy (non-hydrogen) atoms. The third kappa shape index (κ3) is 2.93. The van der Waals surface area contributed by atoms with Gasteiger partial charge in [-0.15, -0.1) is 0 Å². The van der Waals surface area contributed by atoms with Gasteiger partial charge in [0, 0.05) is 24.0 Å².